The summed E-state index contributed by atoms with van der Waals surface area (Å²) in [5.74, 6) is 3.29. The van der Waals surface area contributed by atoms with Crippen LogP contribution in [0.2, 0.25) is 0 Å². The first kappa shape index (κ1) is 41.7. The van der Waals surface area contributed by atoms with E-state index in [1.165, 1.54) is 33.3 Å². The smallest absolute Gasteiger partial charge is 0.144 e. The molecule has 6 aromatic carbocycles. The van der Waals surface area contributed by atoms with Gasteiger partial charge in [-0.15, -0.1) is 35.9 Å². The third-order valence-electron chi connectivity index (χ3n) is 11.6. The summed E-state index contributed by atoms with van der Waals surface area (Å²) in [7, 11) is 0. The van der Waals surface area contributed by atoms with Crippen LogP contribution in [0.5, 0.6) is 0 Å². The standard InChI is InChI=1S/C27H26N2O.C27H25N2O.Ir/c2*1-17(2)21-16-22(18(3)4)26-24(20-12-8-9-13-23(20)30-26)25(21)29-15-14-28-27(29)19-10-6-5-7-11-19;/h5-18H,1-4H3;5-10,12-18H,1-4H3;/q;-1;. The maximum Gasteiger partial charge on any atom is 0.144 e. The van der Waals surface area contributed by atoms with Crippen LogP contribution >= 0.6 is 0 Å². The molecule has 6 nitrogen and oxygen atoms in total. The maximum atomic E-state index is 6.43. The van der Waals surface area contributed by atoms with Gasteiger partial charge in [-0.05, 0) is 70.2 Å². The van der Waals surface area contributed by atoms with E-state index in [-0.39, 0.29) is 20.1 Å². The summed E-state index contributed by atoms with van der Waals surface area (Å²) < 4.78 is 17.3. The Morgan fingerprint density at radius 3 is 1.41 bits per heavy atom. The zero-order chi connectivity index (χ0) is 41.7. The van der Waals surface area contributed by atoms with Gasteiger partial charge in [-0.1, -0.05) is 122 Å². The predicted molar refractivity (Wildman–Crippen MR) is 248 cm³/mol. The van der Waals surface area contributed by atoms with Gasteiger partial charge < -0.3 is 13.4 Å². The van der Waals surface area contributed by atoms with Crippen LogP contribution in [0, 0.1) is 6.07 Å². The molecule has 61 heavy (non-hydrogen) atoms. The number of nitrogens with zero attached hydrogens (tertiary/aromatic N) is 4. The number of rotatable bonds is 8. The number of benzene rings is 6. The van der Waals surface area contributed by atoms with E-state index >= 15 is 0 Å². The summed E-state index contributed by atoms with van der Waals surface area (Å²) in [4.78, 5) is 9.42. The van der Waals surface area contributed by atoms with E-state index in [4.69, 9.17) is 18.8 Å². The minimum absolute atomic E-state index is 0. The van der Waals surface area contributed by atoms with E-state index in [0.29, 0.717) is 23.7 Å². The molecule has 0 N–H and O–H groups in total. The molecule has 0 saturated heterocycles. The summed E-state index contributed by atoms with van der Waals surface area (Å²) >= 11 is 0. The second-order valence-corrected chi connectivity index (χ2v) is 16.9. The van der Waals surface area contributed by atoms with Crippen LogP contribution in [0.25, 0.3) is 78.0 Å². The van der Waals surface area contributed by atoms with Gasteiger partial charge in [-0.3, -0.25) is 9.55 Å². The van der Waals surface area contributed by atoms with E-state index < -0.39 is 0 Å². The topological polar surface area (TPSA) is 61.9 Å². The molecule has 4 heterocycles. The van der Waals surface area contributed by atoms with E-state index in [9.17, 15) is 0 Å². The molecule has 1 radical (unpaired) electrons. The SMILES string of the molecule is CC(C)c1cc(C(C)C)c2oc3ccccc3c2c1-n1ccnc1-c1[c-]cccc1.CC(C)c1cc(C(C)C)c2oc3ccccc3c2c1-n1ccnc1-c1ccccc1.[Ir]. The van der Waals surface area contributed by atoms with Gasteiger partial charge in [0.15, 0.2) is 0 Å². The number of aromatic nitrogens is 4. The van der Waals surface area contributed by atoms with E-state index in [0.717, 1.165) is 67.0 Å². The fourth-order valence-electron chi connectivity index (χ4n) is 8.62. The van der Waals surface area contributed by atoms with Crippen LogP contribution in [0.4, 0.5) is 0 Å². The van der Waals surface area contributed by atoms with Crippen LogP contribution in [0.3, 0.4) is 0 Å². The molecule has 0 spiro atoms. The van der Waals surface area contributed by atoms with E-state index in [1.54, 1.807) is 0 Å². The van der Waals surface area contributed by atoms with Crippen LogP contribution in [0.15, 0.2) is 149 Å². The largest absolute Gasteiger partial charge is 0.456 e. The van der Waals surface area contributed by atoms with Gasteiger partial charge in [-0.25, -0.2) is 4.98 Å². The Kier molecular flexibility index (Phi) is 11.7. The van der Waals surface area contributed by atoms with Gasteiger partial charge in [0.05, 0.1) is 28.0 Å². The molecule has 0 aliphatic heterocycles. The van der Waals surface area contributed by atoms with Crippen molar-refractivity contribution in [3.8, 4) is 34.2 Å². The van der Waals surface area contributed by atoms with Gasteiger partial charge >= 0.3 is 0 Å². The molecule has 7 heteroatoms. The van der Waals surface area contributed by atoms with Crippen LogP contribution < -0.4 is 0 Å². The Morgan fingerprint density at radius 1 is 0.492 bits per heavy atom. The second-order valence-electron chi connectivity index (χ2n) is 16.9. The van der Waals surface area contributed by atoms with Gasteiger partial charge in [0.25, 0.3) is 0 Å². The van der Waals surface area contributed by atoms with E-state index in [2.05, 4.69) is 156 Å². The van der Waals surface area contributed by atoms with Crippen molar-refractivity contribution in [3.63, 3.8) is 0 Å². The quantitative estimate of drug-likeness (QED) is 0.142. The third kappa shape index (κ3) is 7.45. The van der Waals surface area contributed by atoms with Crippen molar-refractivity contribution >= 4 is 43.9 Å². The Balaban J connectivity index is 0.000000166. The zero-order valence-electron chi connectivity index (χ0n) is 36.0. The molecular weight excluding hydrogens is 929 g/mol. The van der Waals surface area contributed by atoms with Crippen LogP contribution in [0.1, 0.15) is 101 Å². The first-order chi connectivity index (χ1) is 29.1. The second kappa shape index (κ2) is 17.2. The molecule has 0 saturated carbocycles. The Bertz CT molecular complexity index is 2900. The molecule has 10 aromatic rings. The molecule has 309 valence electrons. The maximum absolute atomic E-state index is 6.43. The van der Waals surface area contributed by atoms with Crippen molar-refractivity contribution in [2.45, 2.75) is 79.1 Å². The number of hydrogen-bond donors (Lipinski definition) is 0. The average molecular weight is 980 g/mol. The van der Waals surface area contributed by atoms with E-state index in [1.807, 2.05) is 55.0 Å². The summed E-state index contributed by atoms with van der Waals surface area (Å²) in [6.45, 7) is 18.0. The van der Waals surface area contributed by atoms with Gasteiger partial charge in [0, 0.05) is 61.2 Å². The first-order valence-corrected chi connectivity index (χ1v) is 21.2. The molecule has 0 fully saturated rings. The minimum atomic E-state index is 0. The van der Waals surface area contributed by atoms with Gasteiger partial charge in [0.2, 0.25) is 0 Å². The van der Waals surface area contributed by atoms with Gasteiger partial charge in [-0.2, -0.15) is 0 Å². The molecule has 0 aliphatic rings. The van der Waals surface area contributed by atoms with Crippen molar-refractivity contribution in [1.82, 2.24) is 19.1 Å². The minimum Gasteiger partial charge on any atom is -0.456 e. The van der Waals surface area contributed by atoms with Crippen molar-refractivity contribution in [2.75, 3.05) is 0 Å². The summed E-state index contributed by atoms with van der Waals surface area (Å²) in [5, 5.41) is 4.63. The summed E-state index contributed by atoms with van der Waals surface area (Å²) in [5.41, 5.74) is 13.3. The molecule has 0 amide bonds. The predicted octanol–water partition coefficient (Wildman–Crippen LogP) is 15.2. The molecule has 0 aliphatic carbocycles. The number of hydrogen-bond acceptors (Lipinski definition) is 4. The summed E-state index contributed by atoms with van der Waals surface area (Å²) in [6.07, 6.45) is 7.87. The van der Waals surface area contributed by atoms with Crippen LogP contribution in [-0.4, -0.2) is 19.1 Å². The molecule has 0 unspecified atom stereocenters. The fraction of sp³-hybridized carbons (Fsp3) is 0.222. The number of imidazole rings is 2. The van der Waals surface area contributed by atoms with Crippen LogP contribution in [-0.2, 0) is 20.1 Å². The van der Waals surface area contributed by atoms with Crippen molar-refractivity contribution in [3.05, 3.63) is 168 Å². The van der Waals surface area contributed by atoms with Crippen molar-refractivity contribution < 1.29 is 28.9 Å². The monoisotopic (exact) mass is 980 g/mol. The van der Waals surface area contributed by atoms with Crippen molar-refractivity contribution in [2.24, 2.45) is 0 Å². The Labute approximate surface area is 371 Å². The fourth-order valence-corrected chi connectivity index (χ4v) is 8.62. The molecule has 10 rings (SSSR count). The van der Waals surface area contributed by atoms with Crippen molar-refractivity contribution in [1.29, 1.82) is 0 Å². The normalized spacial score (nSPS) is 11.7. The molecule has 0 bridgehead atoms. The number of para-hydroxylation sites is 2. The average Bonchev–Trinajstić information content (AvgIpc) is 4.08. The Hall–Kier alpha value is -6.01. The number of fused-ring (bicyclic) bond motifs is 6. The number of furan rings is 2. The summed E-state index contributed by atoms with van der Waals surface area (Å²) in [6, 6.07) is 43.0. The molecule has 0 atom stereocenters. The molecular formula is C54H51IrN4O2-. The molecule has 4 aromatic heterocycles. The van der Waals surface area contributed by atoms with Gasteiger partial charge in [0.1, 0.15) is 28.2 Å². The Morgan fingerprint density at radius 2 is 0.934 bits per heavy atom. The third-order valence-corrected chi connectivity index (χ3v) is 11.6. The zero-order valence-corrected chi connectivity index (χ0v) is 38.4. The first-order valence-electron chi connectivity index (χ1n) is 21.2.